The summed E-state index contributed by atoms with van der Waals surface area (Å²) < 4.78 is 10.5. The molecule has 152 valence electrons. The van der Waals surface area contributed by atoms with Gasteiger partial charge in [-0.15, -0.1) is 0 Å². The summed E-state index contributed by atoms with van der Waals surface area (Å²) >= 11 is 5.89. The van der Waals surface area contributed by atoms with Gasteiger partial charge in [0, 0.05) is 31.8 Å². The van der Waals surface area contributed by atoms with Gasteiger partial charge < -0.3 is 19.7 Å². The van der Waals surface area contributed by atoms with Crippen molar-refractivity contribution in [3.63, 3.8) is 0 Å². The van der Waals surface area contributed by atoms with Gasteiger partial charge in [-0.25, -0.2) is 9.78 Å². The minimum atomic E-state index is -0.455. The van der Waals surface area contributed by atoms with Crippen LogP contribution in [0.3, 0.4) is 0 Å². The zero-order valence-corrected chi connectivity index (χ0v) is 17.0. The zero-order valence-electron chi connectivity index (χ0n) is 16.2. The molecule has 8 heteroatoms. The first-order chi connectivity index (χ1) is 14.0. The van der Waals surface area contributed by atoms with E-state index in [4.69, 9.17) is 21.1 Å². The van der Waals surface area contributed by atoms with E-state index in [1.807, 2.05) is 24.3 Å². The maximum Gasteiger partial charge on any atom is 0.318 e. The molecule has 0 aliphatic heterocycles. The van der Waals surface area contributed by atoms with Crippen molar-refractivity contribution in [3.05, 3.63) is 59.3 Å². The molecule has 29 heavy (non-hydrogen) atoms. The van der Waals surface area contributed by atoms with Crippen LogP contribution in [-0.4, -0.2) is 55.1 Å². The first-order valence-corrected chi connectivity index (χ1v) is 9.46. The highest BCUT2D eigenvalue weighted by atomic mass is 35.5. The molecule has 0 saturated carbocycles. The molecule has 3 rings (SSSR count). The molecule has 0 bridgehead atoms. The highest BCUT2D eigenvalue weighted by Gasteiger charge is 2.20. The van der Waals surface area contributed by atoms with Crippen molar-refractivity contribution in [1.29, 1.82) is 0 Å². The maximum atomic E-state index is 12.9. The van der Waals surface area contributed by atoms with Crippen LogP contribution in [0.2, 0.25) is 0 Å². The first kappa shape index (κ1) is 20.8. The second-order valence-corrected chi connectivity index (χ2v) is 6.87. The number of fused-ring (bicyclic) bond motifs is 1. The van der Waals surface area contributed by atoms with Gasteiger partial charge in [-0.05, 0) is 29.2 Å². The quantitative estimate of drug-likeness (QED) is 0.751. The molecule has 1 aliphatic rings. The summed E-state index contributed by atoms with van der Waals surface area (Å²) in [6.45, 7) is 1.10. The number of carbonyl (C=O) groups excluding carboxylic acids is 2. The molecule has 0 fully saturated rings. The monoisotopic (exact) mass is 415 g/mol. The van der Waals surface area contributed by atoms with Gasteiger partial charge in [-0.1, -0.05) is 35.9 Å². The molecule has 0 unspecified atom stereocenters. The van der Waals surface area contributed by atoms with Gasteiger partial charge in [0.25, 0.3) is 0 Å². The lowest BCUT2D eigenvalue weighted by atomic mass is 10.1. The third kappa shape index (κ3) is 4.93. The lowest BCUT2D eigenvalue weighted by Gasteiger charge is -2.26. The lowest BCUT2D eigenvalue weighted by Crippen LogP contribution is -2.45. The fourth-order valence-electron chi connectivity index (χ4n) is 3.06. The molecule has 1 aromatic carbocycles. The molecule has 1 aromatic heterocycles. The number of amides is 2. The van der Waals surface area contributed by atoms with Crippen molar-refractivity contribution >= 4 is 34.2 Å². The molecule has 1 atom stereocenters. The van der Waals surface area contributed by atoms with E-state index in [9.17, 15) is 9.59 Å². The molecule has 1 N–H and O–H groups in total. The topological polar surface area (TPSA) is 80.8 Å². The number of methoxy groups -OCH3 is 2. The van der Waals surface area contributed by atoms with Crippen LogP contribution in [0, 0.1) is 0 Å². The van der Waals surface area contributed by atoms with Crippen LogP contribution < -0.4 is 10.1 Å². The Kier molecular flexibility index (Phi) is 6.85. The number of halogens is 1. The number of allylic oxidation sites excluding steroid dienone is 2. The fraction of sp³-hybridized carbons (Fsp3) is 0.286. The van der Waals surface area contributed by atoms with Gasteiger partial charge in [0.2, 0.25) is 5.88 Å². The number of benzene rings is 1. The number of hydrogen-bond acceptors (Lipinski definition) is 5. The van der Waals surface area contributed by atoms with Crippen molar-refractivity contribution in [3.8, 4) is 5.88 Å². The minimum absolute atomic E-state index is 0.0894. The Morgan fingerprint density at radius 2 is 2.03 bits per heavy atom. The van der Waals surface area contributed by atoms with Crippen LogP contribution >= 0.6 is 11.6 Å². The molecule has 2 amide bonds. The van der Waals surface area contributed by atoms with E-state index in [0.717, 1.165) is 16.3 Å². The molecule has 1 aliphatic carbocycles. The summed E-state index contributed by atoms with van der Waals surface area (Å²) in [5.41, 5.74) is 0.885. The van der Waals surface area contributed by atoms with E-state index in [-0.39, 0.29) is 16.8 Å². The second-order valence-electron chi connectivity index (χ2n) is 6.47. The number of nitrogens with zero attached hydrogens (tertiary/aromatic N) is 2. The number of urea groups is 1. The third-order valence-electron chi connectivity index (χ3n) is 4.55. The largest absolute Gasteiger partial charge is 0.481 e. The number of carbonyl (C=O) groups is 2. The van der Waals surface area contributed by atoms with Crippen LogP contribution in [0.5, 0.6) is 5.88 Å². The Bertz CT molecular complexity index is 974. The van der Waals surface area contributed by atoms with Crippen molar-refractivity contribution in [2.45, 2.75) is 12.6 Å². The Hall–Kier alpha value is -2.90. The summed E-state index contributed by atoms with van der Waals surface area (Å²) in [6.07, 6.45) is 6.18. The SMILES string of the molecule is COCCN(Cc1cnc(OC)c2ccccc12)C(=O)N[C@H]1C=CC(=O)C(Cl)=C1. The Morgan fingerprint density at radius 1 is 1.28 bits per heavy atom. The lowest BCUT2D eigenvalue weighted by molar-refractivity contribution is -0.110. The Labute approximate surface area is 173 Å². The van der Waals surface area contributed by atoms with Gasteiger partial charge in [-0.2, -0.15) is 0 Å². The van der Waals surface area contributed by atoms with Crippen LogP contribution in [0.1, 0.15) is 5.56 Å². The van der Waals surface area contributed by atoms with E-state index in [1.165, 1.54) is 12.2 Å². The molecule has 0 radical (unpaired) electrons. The smallest absolute Gasteiger partial charge is 0.318 e. The summed E-state index contributed by atoms with van der Waals surface area (Å²) in [5, 5.41) is 4.78. The van der Waals surface area contributed by atoms with Gasteiger partial charge in [0.1, 0.15) is 0 Å². The number of ketones is 1. The summed E-state index contributed by atoms with van der Waals surface area (Å²) in [4.78, 5) is 30.4. The van der Waals surface area contributed by atoms with Gasteiger partial charge in [0.15, 0.2) is 5.78 Å². The molecule has 0 saturated heterocycles. The van der Waals surface area contributed by atoms with Crippen LogP contribution in [0.4, 0.5) is 4.79 Å². The normalized spacial score (nSPS) is 15.9. The highest BCUT2D eigenvalue weighted by molar-refractivity contribution is 6.44. The molecule has 2 aromatic rings. The van der Waals surface area contributed by atoms with Crippen molar-refractivity contribution < 1.29 is 19.1 Å². The average molecular weight is 416 g/mol. The predicted octanol–water partition coefficient (Wildman–Crippen LogP) is 3.03. The number of hydrogen-bond donors (Lipinski definition) is 1. The number of rotatable bonds is 7. The first-order valence-electron chi connectivity index (χ1n) is 9.08. The van der Waals surface area contributed by atoms with E-state index in [2.05, 4.69) is 10.3 Å². The highest BCUT2D eigenvalue weighted by Crippen LogP contribution is 2.26. The van der Waals surface area contributed by atoms with E-state index < -0.39 is 6.04 Å². The second kappa shape index (κ2) is 9.54. The number of pyridine rings is 1. The van der Waals surface area contributed by atoms with Crippen molar-refractivity contribution in [2.75, 3.05) is 27.4 Å². The van der Waals surface area contributed by atoms with E-state index in [1.54, 1.807) is 31.4 Å². The number of ether oxygens (including phenoxy) is 2. The zero-order chi connectivity index (χ0) is 20.8. The van der Waals surface area contributed by atoms with E-state index >= 15 is 0 Å². The number of aromatic nitrogens is 1. The Balaban J connectivity index is 1.83. The van der Waals surface area contributed by atoms with Crippen LogP contribution in [0.15, 0.2) is 53.7 Å². The van der Waals surface area contributed by atoms with Crippen molar-refractivity contribution in [2.24, 2.45) is 0 Å². The van der Waals surface area contributed by atoms with Gasteiger partial charge >= 0.3 is 6.03 Å². The summed E-state index contributed by atoms with van der Waals surface area (Å²) in [6, 6.07) is 7.00. The molecule has 0 spiro atoms. The average Bonchev–Trinajstić information content (AvgIpc) is 2.73. The van der Waals surface area contributed by atoms with E-state index in [0.29, 0.717) is 25.6 Å². The fourth-order valence-corrected chi connectivity index (χ4v) is 3.26. The van der Waals surface area contributed by atoms with Crippen LogP contribution in [-0.2, 0) is 16.1 Å². The van der Waals surface area contributed by atoms with Gasteiger partial charge in [0.05, 0.1) is 24.8 Å². The summed E-state index contributed by atoms with van der Waals surface area (Å²) in [7, 11) is 3.16. The van der Waals surface area contributed by atoms with Crippen LogP contribution in [0.25, 0.3) is 10.8 Å². The predicted molar refractivity (Wildman–Crippen MR) is 111 cm³/mol. The molecular weight excluding hydrogens is 394 g/mol. The third-order valence-corrected chi connectivity index (χ3v) is 4.87. The maximum absolute atomic E-state index is 12.9. The molecular formula is C21H22ClN3O4. The van der Waals surface area contributed by atoms with Gasteiger partial charge in [-0.3, -0.25) is 4.79 Å². The molecule has 1 heterocycles. The summed E-state index contributed by atoms with van der Waals surface area (Å²) in [5.74, 6) is 0.262. The minimum Gasteiger partial charge on any atom is -0.481 e. The van der Waals surface area contributed by atoms with Crippen molar-refractivity contribution in [1.82, 2.24) is 15.2 Å². The number of nitrogens with one attached hydrogen (secondary N) is 1. The molecule has 7 nitrogen and oxygen atoms in total. The Morgan fingerprint density at radius 3 is 2.72 bits per heavy atom. The standard InChI is InChI=1S/C21H22ClN3O4/c1-28-10-9-25(21(27)24-15-7-8-19(26)18(22)11-15)13-14-12-23-20(29-2)17-6-4-3-5-16(14)17/h3-8,11-12,15H,9-10,13H2,1-2H3,(H,24,27)/t15-/m0/s1.